The molecule has 1 fully saturated rings. The maximum atomic E-state index is 9.83. The van der Waals surface area contributed by atoms with Crippen molar-refractivity contribution in [2.45, 2.75) is 19.1 Å². The zero-order chi connectivity index (χ0) is 16.6. The van der Waals surface area contributed by atoms with Crippen LogP contribution in [0.2, 0.25) is 5.02 Å². The molecule has 1 aromatic heterocycles. The first-order valence-corrected chi connectivity index (χ1v) is 8.50. The first kappa shape index (κ1) is 16.7. The van der Waals surface area contributed by atoms with Gasteiger partial charge in [0.25, 0.3) is 0 Å². The van der Waals surface area contributed by atoms with Gasteiger partial charge in [0, 0.05) is 35.2 Å². The van der Waals surface area contributed by atoms with E-state index >= 15 is 0 Å². The van der Waals surface area contributed by atoms with E-state index in [0.29, 0.717) is 30.5 Å². The third kappa shape index (κ3) is 3.53. The summed E-state index contributed by atoms with van der Waals surface area (Å²) in [6, 6.07) is 9.71. The number of aliphatic hydroxyl groups is 1. The molecule has 1 aromatic carbocycles. The number of hydrogen-bond donors (Lipinski definition) is 1. The lowest BCUT2D eigenvalue weighted by atomic mass is 9.96. The molecule has 0 bridgehead atoms. The number of aromatic nitrogens is 1. The van der Waals surface area contributed by atoms with Crippen molar-refractivity contribution in [3.8, 4) is 17.1 Å². The van der Waals surface area contributed by atoms with Gasteiger partial charge in [-0.15, -0.1) is 0 Å². The summed E-state index contributed by atoms with van der Waals surface area (Å²) in [5.74, 6) is 0.588. The number of halogens is 2. The van der Waals surface area contributed by atoms with Crippen molar-refractivity contribution in [3.63, 3.8) is 0 Å². The number of nitrogens with zero attached hydrogens (tertiary/aromatic N) is 2. The highest BCUT2D eigenvalue weighted by Gasteiger charge is 2.36. The highest BCUT2D eigenvalue weighted by molar-refractivity contribution is 9.10. The average Bonchev–Trinajstić information content (AvgIpc) is 2.49. The van der Waals surface area contributed by atoms with Crippen LogP contribution < -0.4 is 4.74 Å². The molecule has 23 heavy (non-hydrogen) atoms. The summed E-state index contributed by atoms with van der Waals surface area (Å²) < 4.78 is 6.28. The molecule has 1 N–H and O–H groups in total. The summed E-state index contributed by atoms with van der Waals surface area (Å²) in [6.07, 6.45) is 0. The lowest BCUT2D eigenvalue weighted by molar-refractivity contribution is -0.0873. The number of hydrogen-bond acceptors (Lipinski definition) is 4. The van der Waals surface area contributed by atoms with Crippen molar-refractivity contribution in [3.05, 3.63) is 45.4 Å². The normalized spacial score (nSPS) is 16.9. The van der Waals surface area contributed by atoms with Crippen molar-refractivity contribution in [1.82, 2.24) is 9.88 Å². The molecule has 0 atom stereocenters. The predicted octanol–water partition coefficient (Wildman–Crippen LogP) is 3.74. The molecular weight excluding hydrogens is 380 g/mol. The van der Waals surface area contributed by atoms with Crippen LogP contribution in [0.3, 0.4) is 0 Å². The maximum absolute atomic E-state index is 9.83. The summed E-state index contributed by atoms with van der Waals surface area (Å²) >= 11 is 9.78. The Morgan fingerprint density at radius 2 is 2.09 bits per heavy atom. The Bertz CT molecular complexity index is 729. The van der Waals surface area contributed by atoms with Crippen molar-refractivity contribution in [2.75, 3.05) is 20.2 Å². The van der Waals surface area contributed by atoms with Gasteiger partial charge in [-0.1, -0.05) is 29.8 Å². The Kier molecular flexibility index (Phi) is 4.65. The molecule has 0 amide bonds. The van der Waals surface area contributed by atoms with Crippen LogP contribution in [0.15, 0.2) is 34.8 Å². The molecule has 0 radical (unpaired) electrons. The maximum Gasteiger partial charge on any atom is 0.218 e. The molecule has 0 aliphatic carbocycles. The van der Waals surface area contributed by atoms with E-state index < -0.39 is 5.60 Å². The third-order valence-corrected chi connectivity index (χ3v) is 5.18. The first-order chi connectivity index (χ1) is 10.9. The number of methoxy groups -OCH3 is 1. The minimum absolute atomic E-state index is 0.579. The highest BCUT2D eigenvalue weighted by Crippen LogP contribution is 2.34. The van der Waals surface area contributed by atoms with Gasteiger partial charge in [0.05, 0.1) is 23.4 Å². The Morgan fingerprint density at radius 3 is 2.74 bits per heavy atom. The molecule has 2 heterocycles. The molecular formula is C17H18BrClN2O2. The first-order valence-electron chi connectivity index (χ1n) is 7.33. The second-order valence-corrected chi connectivity index (χ2v) is 7.34. The fourth-order valence-corrected chi connectivity index (χ4v) is 3.48. The highest BCUT2D eigenvalue weighted by atomic mass is 79.9. The van der Waals surface area contributed by atoms with Crippen LogP contribution in [-0.2, 0) is 6.54 Å². The number of β-amino-alcohol motifs (C(OH)–C–C–N with tert-alkyl or cyclic N) is 1. The largest absolute Gasteiger partial charge is 0.481 e. The van der Waals surface area contributed by atoms with Crippen molar-refractivity contribution < 1.29 is 9.84 Å². The van der Waals surface area contributed by atoms with E-state index in [2.05, 4.69) is 25.8 Å². The number of ether oxygens (including phenoxy) is 1. The van der Waals surface area contributed by atoms with Crippen molar-refractivity contribution >= 4 is 27.5 Å². The minimum Gasteiger partial charge on any atom is -0.481 e. The lowest BCUT2D eigenvalue weighted by Crippen LogP contribution is -2.59. The zero-order valence-electron chi connectivity index (χ0n) is 13.0. The van der Waals surface area contributed by atoms with E-state index in [1.165, 1.54) is 0 Å². The molecule has 3 rings (SSSR count). The summed E-state index contributed by atoms with van der Waals surface area (Å²) in [6.45, 7) is 3.88. The summed E-state index contributed by atoms with van der Waals surface area (Å²) in [7, 11) is 1.62. The van der Waals surface area contributed by atoms with Crippen LogP contribution >= 0.6 is 27.5 Å². The van der Waals surface area contributed by atoms with Crippen LogP contribution in [0, 0.1) is 0 Å². The predicted molar refractivity (Wildman–Crippen MR) is 94.8 cm³/mol. The molecule has 6 heteroatoms. The smallest absolute Gasteiger partial charge is 0.218 e. The van der Waals surface area contributed by atoms with Gasteiger partial charge in [-0.05, 0) is 35.0 Å². The van der Waals surface area contributed by atoms with E-state index in [9.17, 15) is 5.11 Å². The summed E-state index contributed by atoms with van der Waals surface area (Å²) in [4.78, 5) is 6.75. The number of pyridine rings is 1. The Morgan fingerprint density at radius 1 is 1.35 bits per heavy atom. The monoisotopic (exact) mass is 396 g/mol. The Labute approximate surface area is 149 Å². The van der Waals surface area contributed by atoms with Gasteiger partial charge in [0.1, 0.15) is 0 Å². The third-order valence-electron chi connectivity index (χ3n) is 3.88. The second-order valence-electron chi connectivity index (χ2n) is 6.11. The zero-order valence-corrected chi connectivity index (χ0v) is 15.4. The molecule has 1 saturated heterocycles. The van der Waals surface area contributed by atoms with Gasteiger partial charge >= 0.3 is 0 Å². The van der Waals surface area contributed by atoms with Gasteiger partial charge in [-0.3, -0.25) is 4.90 Å². The summed E-state index contributed by atoms with van der Waals surface area (Å²) in [5, 5.41) is 10.5. The fraction of sp³-hybridized carbons (Fsp3) is 0.353. The van der Waals surface area contributed by atoms with Gasteiger partial charge in [-0.2, -0.15) is 0 Å². The van der Waals surface area contributed by atoms with E-state index in [-0.39, 0.29) is 0 Å². The lowest BCUT2D eigenvalue weighted by Gasteiger charge is -2.44. The molecule has 2 aromatic rings. The van der Waals surface area contributed by atoms with Gasteiger partial charge < -0.3 is 9.84 Å². The standard InChI is InChI=1S/C17H18BrClN2O2/c1-17(22)9-21(10-17)8-11-6-7-14(20-16(11)23-2)12-4-3-5-13(18)15(12)19/h3-7,22H,8-10H2,1-2H3. The minimum atomic E-state index is -0.579. The van der Waals surface area contributed by atoms with Gasteiger partial charge in [-0.25, -0.2) is 4.98 Å². The fourth-order valence-electron chi connectivity index (χ4n) is 2.89. The van der Waals surface area contributed by atoms with Crippen molar-refractivity contribution in [1.29, 1.82) is 0 Å². The molecule has 122 valence electrons. The summed E-state index contributed by atoms with van der Waals surface area (Å²) in [5.41, 5.74) is 2.05. The van der Waals surface area contributed by atoms with E-state index in [0.717, 1.165) is 21.3 Å². The van der Waals surface area contributed by atoms with Gasteiger partial charge in [0.2, 0.25) is 5.88 Å². The quantitative estimate of drug-likeness (QED) is 0.854. The molecule has 1 aliphatic heterocycles. The molecule has 4 nitrogen and oxygen atoms in total. The van der Waals surface area contributed by atoms with Crippen LogP contribution in [0.4, 0.5) is 0 Å². The Hall–Kier alpha value is -1.14. The van der Waals surface area contributed by atoms with Crippen LogP contribution in [-0.4, -0.2) is 40.8 Å². The number of rotatable bonds is 4. The average molecular weight is 398 g/mol. The van der Waals surface area contributed by atoms with Crippen LogP contribution in [0.25, 0.3) is 11.3 Å². The SMILES string of the molecule is COc1nc(-c2cccc(Br)c2Cl)ccc1CN1CC(C)(O)C1. The van der Waals surface area contributed by atoms with E-state index in [4.69, 9.17) is 16.3 Å². The molecule has 0 unspecified atom stereocenters. The van der Waals surface area contributed by atoms with Crippen LogP contribution in [0.1, 0.15) is 12.5 Å². The van der Waals surface area contributed by atoms with Gasteiger partial charge in [0.15, 0.2) is 0 Å². The number of likely N-dealkylation sites (tertiary alicyclic amines) is 1. The topological polar surface area (TPSA) is 45.6 Å². The molecule has 0 spiro atoms. The molecule has 1 aliphatic rings. The van der Waals surface area contributed by atoms with Crippen molar-refractivity contribution in [2.24, 2.45) is 0 Å². The van der Waals surface area contributed by atoms with E-state index in [1.807, 2.05) is 37.3 Å². The van der Waals surface area contributed by atoms with Crippen LogP contribution in [0.5, 0.6) is 5.88 Å². The Balaban J connectivity index is 1.86. The van der Waals surface area contributed by atoms with E-state index in [1.54, 1.807) is 7.11 Å². The molecule has 0 saturated carbocycles. The number of benzene rings is 1. The second kappa shape index (κ2) is 6.40.